The second kappa shape index (κ2) is 6.34. The number of likely N-dealkylation sites (N-methyl/N-ethyl adjacent to an activating group) is 1. The van der Waals surface area contributed by atoms with Crippen molar-refractivity contribution in [3.63, 3.8) is 0 Å². The smallest absolute Gasteiger partial charge is 0.254 e. The summed E-state index contributed by atoms with van der Waals surface area (Å²) >= 11 is 0. The highest BCUT2D eigenvalue weighted by Gasteiger charge is 2.15. The Morgan fingerprint density at radius 2 is 1.91 bits per heavy atom. The van der Waals surface area contributed by atoms with Crippen molar-refractivity contribution in [1.82, 2.24) is 24.5 Å². The fourth-order valence-electron chi connectivity index (χ4n) is 2.64. The van der Waals surface area contributed by atoms with Gasteiger partial charge in [-0.15, -0.1) is 0 Å². The molecule has 1 atom stereocenters. The van der Waals surface area contributed by atoms with Gasteiger partial charge in [-0.2, -0.15) is 14.6 Å². The number of benzene rings is 1. The van der Waals surface area contributed by atoms with E-state index in [-0.39, 0.29) is 6.04 Å². The highest BCUT2D eigenvalue weighted by Crippen LogP contribution is 2.20. The van der Waals surface area contributed by atoms with Gasteiger partial charge < -0.3 is 10.2 Å². The molecule has 0 spiro atoms. The normalized spacial score (nSPS) is 12.7. The van der Waals surface area contributed by atoms with E-state index in [9.17, 15) is 0 Å². The van der Waals surface area contributed by atoms with E-state index in [4.69, 9.17) is 0 Å². The van der Waals surface area contributed by atoms with Gasteiger partial charge in [0.15, 0.2) is 0 Å². The summed E-state index contributed by atoms with van der Waals surface area (Å²) in [6.45, 7) is 4.84. The lowest BCUT2D eigenvalue weighted by Crippen LogP contribution is -2.27. The zero-order valence-electron chi connectivity index (χ0n) is 14.0. The summed E-state index contributed by atoms with van der Waals surface area (Å²) in [6.07, 6.45) is 1.52. The molecule has 0 fully saturated rings. The summed E-state index contributed by atoms with van der Waals surface area (Å²) in [7, 11) is 4.18. The van der Waals surface area contributed by atoms with E-state index in [0.717, 1.165) is 18.1 Å². The summed E-state index contributed by atoms with van der Waals surface area (Å²) in [5, 5.41) is 7.72. The lowest BCUT2D eigenvalue weighted by atomic mass is 10.0. The Morgan fingerprint density at radius 3 is 2.61 bits per heavy atom. The number of hydrogen-bond donors (Lipinski definition) is 1. The quantitative estimate of drug-likeness (QED) is 0.784. The Hall–Kier alpha value is -2.47. The molecule has 23 heavy (non-hydrogen) atoms. The molecular weight excluding hydrogens is 288 g/mol. The first-order valence-electron chi connectivity index (χ1n) is 7.69. The minimum Gasteiger partial charge on any atom is -0.368 e. The van der Waals surface area contributed by atoms with Gasteiger partial charge in [0.25, 0.3) is 5.78 Å². The van der Waals surface area contributed by atoms with Crippen molar-refractivity contribution in [3.8, 4) is 0 Å². The minimum absolute atomic E-state index is 0.266. The first-order chi connectivity index (χ1) is 11.0. The fraction of sp³-hybridized carbons (Fsp3) is 0.353. The molecule has 0 aliphatic carbocycles. The van der Waals surface area contributed by atoms with Gasteiger partial charge in [-0.3, -0.25) is 0 Å². The molecule has 0 aliphatic heterocycles. The summed E-state index contributed by atoms with van der Waals surface area (Å²) < 4.78 is 1.73. The van der Waals surface area contributed by atoms with Crippen LogP contribution in [0.4, 0.5) is 5.82 Å². The van der Waals surface area contributed by atoms with Crippen LogP contribution in [-0.2, 0) is 0 Å². The Labute approximate surface area is 136 Å². The molecule has 120 valence electrons. The van der Waals surface area contributed by atoms with E-state index in [1.54, 1.807) is 4.52 Å². The summed E-state index contributed by atoms with van der Waals surface area (Å²) in [4.78, 5) is 10.7. The predicted octanol–water partition coefficient (Wildman–Crippen LogP) is 2.46. The lowest BCUT2D eigenvalue weighted by Gasteiger charge is -2.25. The Morgan fingerprint density at radius 1 is 1.17 bits per heavy atom. The average Bonchev–Trinajstić information content (AvgIpc) is 2.97. The fourth-order valence-corrected chi connectivity index (χ4v) is 2.64. The number of nitrogens with zero attached hydrogens (tertiary/aromatic N) is 5. The molecule has 0 saturated carbocycles. The molecule has 3 rings (SSSR count). The molecule has 0 bridgehead atoms. The third-order valence-electron chi connectivity index (χ3n) is 3.94. The van der Waals surface area contributed by atoms with Crippen molar-refractivity contribution in [2.24, 2.45) is 0 Å². The zero-order valence-corrected chi connectivity index (χ0v) is 14.0. The van der Waals surface area contributed by atoms with Crippen molar-refractivity contribution >= 4 is 11.6 Å². The Kier molecular flexibility index (Phi) is 4.25. The van der Waals surface area contributed by atoms with Crippen molar-refractivity contribution in [2.45, 2.75) is 19.9 Å². The van der Waals surface area contributed by atoms with Crippen LogP contribution in [0.1, 0.15) is 22.9 Å². The van der Waals surface area contributed by atoms with E-state index < -0.39 is 0 Å². The SMILES string of the molecule is Cc1ccc(C(CNc2cc(C)nc3ncnn23)N(C)C)cc1. The van der Waals surface area contributed by atoms with Crippen molar-refractivity contribution < 1.29 is 0 Å². The van der Waals surface area contributed by atoms with Crippen molar-refractivity contribution in [3.05, 3.63) is 53.5 Å². The Bertz CT molecular complexity index is 790. The third kappa shape index (κ3) is 3.32. The van der Waals surface area contributed by atoms with E-state index in [1.165, 1.54) is 17.5 Å². The molecular formula is C17H22N6. The maximum atomic E-state index is 4.37. The number of nitrogens with one attached hydrogen (secondary N) is 1. The van der Waals surface area contributed by atoms with Gasteiger partial charge in [0.05, 0.1) is 6.04 Å². The van der Waals surface area contributed by atoms with Gasteiger partial charge in [-0.1, -0.05) is 29.8 Å². The number of rotatable bonds is 5. The molecule has 2 aromatic heterocycles. The van der Waals surface area contributed by atoms with E-state index in [1.807, 2.05) is 13.0 Å². The molecule has 2 heterocycles. The van der Waals surface area contributed by atoms with Crippen molar-refractivity contribution in [2.75, 3.05) is 26.0 Å². The molecule has 1 N–H and O–H groups in total. The van der Waals surface area contributed by atoms with Crippen LogP contribution in [0.2, 0.25) is 0 Å². The highest BCUT2D eigenvalue weighted by atomic mass is 15.4. The monoisotopic (exact) mass is 310 g/mol. The van der Waals surface area contributed by atoms with Gasteiger partial charge in [-0.05, 0) is 33.5 Å². The number of fused-ring (bicyclic) bond motifs is 1. The molecule has 1 aromatic carbocycles. The molecule has 0 amide bonds. The van der Waals surface area contributed by atoms with E-state index in [0.29, 0.717) is 5.78 Å². The number of aryl methyl sites for hydroxylation is 2. The van der Waals surface area contributed by atoms with E-state index >= 15 is 0 Å². The van der Waals surface area contributed by atoms with Crippen LogP contribution in [0, 0.1) is 13.8 Å². The summed E-state index contributed by atoms with van der Waals surface area (Å²) in [5.41, 5.74) is 3.48. The zero-order chi connectivity index (χ0) is 16.4. The second-order valence-electron chi connectivity index (χ2n) is 6.03. The standard InChI is InChI=1S/C17H22N6/c1-12-5-7-14(8-6-12)15(22(3)4)10-18-16-9-13(2)21-17-19-11-20-23(16)17/h5-9,11,15,18H,10H2,1-4H3. The number of hydrogen-bond acceptors (Lipinski definition) is 5. The van der Waals surface area contributed by atoms with Crippen LogP contribution in [0.5, 0.6) is 0 Å². The maximum Gasteiger partial charge on any atom is 0.254 e. The molecule has 0 saturated heterocycles. The molecule has 6 nitrogen and oxygen atoms in total. The first kappa shape index (κ1) is 15.4. The van der Waals surface area contributed by atoms with Gasteiger partial charge in [0.1, 0.15) is 12.1 Å². The van der Waals surface area contributed by atoms with Gasteiger partial charge in [-0.25, -0.2) is 4.98 Å². The average molecular weight is 310 g/mol. The number of anilines is 1. The first-order valence-corrected chi connectivity index (χ1v) is 7.69. The van der Waals surface area contributed by atoms with Crippen LogP contribution < -0.4 is 5.32 Å². The largest absolute Gasteiger partial charge is 0.368 e. The van der Waals surface area contributed by atoms with Gasteiger partial charge >= 0.3 is 0 Å². The molecule has 1 unspecified atom stereocenters. The van der Waals surface area contributed by atoms with Crippen molar-refractivity contribution in [1.29, 1.82) is 0 Å². The van der Waals surface area contributed by atoms with E-state index in [2.05, 4.69) is 70.6 Å². The minimum atomic E-state index is 0.266. The highest BCUT2D eigenvalue weighted by molar-refractivity contribution is 5.45. The summed E-state index contributed by atoms with van der Waals surface area (Å²) in [5.74, 6) is 1.52. The van der Waals surface area contributed by atoms with Gasteiger partial charge in [0, 0.05) is 18.3 Å². The number of aromatic nitrogens is 4. The van der Waals surface area contributed by atoms with Crippen LogP contribution in [0.25, 0.3) is 5.78 Å². The van der Waals surface area contributed by atoms with Crippen LogP contribution in [0.3, 0.4) is 0 Å². The lowest BCUT2D eigenvalue weighted by molar-refractivity contribution is 0.311. The molecule has 0 aliphatic rings. The topological polar surface area (TPSA) is 58.4 Å². The maximum absolute atomic E-state index is 4.37. The van der Waals surface area contributed by atoms with Crippen LogP contribution in [0.15, 0.2) is 36.7 Å². The van der Waals surface area contributed by atoms with Crippen LogP contribution >= 0.6 is 0 Å². The van der Waals surface area contributed by atoms with Crippen LogP contribution in [-0.4, -0.2) is 45.1 Å². The molecule has 3 aromatic rings. The predicted molar refractivity (Wildman–Crippen MR) is 91.6 cm³/mol. The Balaban J connectivity index is 1.83. The molecule has 6 heteroatoms. The van der Waals surface area contributed by atoms with Gasteiger partial charge in [0.2, 0.25) is 0 Å². The second-order valence-corrected chi connectivity index (χ2v) is 6.03. The third-order valence-corrected chi connectivity index (χ3v) is 3.94. The molecule has 0 radical (unpaired) electrons. The summed E-state index contributed by atoms with van der Waals surface area (Å²) in [6, 6.07) is 10.9.